The zero-order chi connectivity index (χ0) is 23.4. The smallest absolute Gasteiger partial charge is 0.251 e. The average Bonchev–Trinajstić information content (AvgIpc) is 3.33. The van der Waals surface area contributed by atoms with Gasteiger partial charge in [-0.15, -0.1) is 0 Å². The summed E-state index contributed by atoms with van der Waals surface area (Å²) in [5.74, 6) is 1.70. The SMILES string of the molecule is COc1ccc(/C(C)=C/C(=O)N2C=C(N3CCC(CN4CCCC4)CC3)C=CC2C)cc1C. The normalized spacial score (nSPS) is 22.6. The van der Waals surface area contributed by atoms with E-state index in [9.17, 15) is 4.79 Å². The monoisotopic (exact) mass is 449 g/mol. The highest BCUT2D eigenvalue weighted by molar-refractivity contribution is 5.96. The van der Waals surface area contributed by atoms with Crippen molar-refractivity contribution in [3.8, 4) is 5.75 Å². The van der Waals surface area contributed by atoms with Gasteiger partial charge in [0.05, 0.1) is 18.8 Å². The Morgan fingerprint density at radius 1 is 1.15 bits per heavy atom. The first-order valence-corrected chi connectivity index (χ1v) is 12.5. The van der Waals surface area contributed by atoms with Crippen molar-refractivity contribution >= 4 is 11.5 Å². The summed E-state index contributed by atoms with van der Waals surface area (Å²) in [6, 6.07) is 6.10. The standard InChI is InChI=1S/C28H39N3O2/c1-21(25-8-10-27(33-4)22(2)17-25)18-28(32)31-20-26(9-7-23(31)3)30-15-11-24(12-16-30)19-29-13-5-6-14-29/h7-10,17-18,20,23-24H,5-6,11-16,19H2,1-4H3/b21-18+. The number of piperidine rings is 1. The summed E-state index contributed by atoms with van der Waals surface area (Å²) >= 11 is 0. The third-order valence-electron chi connectivity index (χ3n) is 7.40. The van der Waals surface area contributed by atoms with E-state index in [1.165, 1.54) is 45.3 Å². The van der Waals surface area contributed by atoms with Crippen molar-refractivity contribution in [1.29, 1.82) is 0 Å². The molecular weight excluding hydrogens is 410 g/mol. The molecule has 4 rings (SSSR count). The lowest BCUT2D eigenvalue weighted by molar-refractivity contribution is -0.124. The zero-order valence-electron chi connectivity index (χ0n) is 20.7. The number of allylic oxidation sites excluding steroid dienone is 2. The van der Waals surface area contributed by atoms with Gasteiger partial charge in [0.1, 0.15) is 5.75 Å². The van der Waals surface area contributed by atoms with Crippen LogP contribution >= 0.6 is 0 Å². The van der Waals surface area contributed by atoms with E-state index in [2.05, 4.69) is 41.1 Å². The van der Waals surface area contributed by atoms with Crippen LogP contribution in [0.1, 0.15) is 50.7 Å². The van der Waals surface area contributed by atoms with Gasteiger partial charge in [-0.05, 0) is 100 Å². The van der Waals surface area contributed by atoms with Gasteiger partial charge in [-0.1, -0.05) is 12.1 Å². The summed E-state index contributed by atoms with van der Waals surface area (Å²) in [5.41, 5.74) is 4.24. The van der Waals surface area contributed by atoms with Crippen LogP contribution in [0.2, 0.25) is 0 Å². The number of likely N-dealkylation sites (tertiary alicyclic amines) is 2. The number of aryl methyl sites for hydroxylation is 1. The molecular formula is C28H39N3O2. The highest BCUT2D eigenvalue weighted by atomic mass is 16.5. The predicted octanol–water partition coefficient (Wildman–Crippen LogP) is 4.84. The molecule has 5 nitrogen and oxygen atoms in total. The van der Waals surface area contributed by atoms with E-state index in [1.54, 1.807) is 13.2 Å². The summed E-state index contributed by atoms with van der Waals surface area (Å²) in [7, 11) is 1.68. The molecule has 1 aromatic carbocycles. The number of methoxy groups -OCH3 is 1. The van der Waals surface area contributed by atoms with Gasteiger partial charge in [0.25, 0.3) is 5.91 Å². The van der Waals surface area contributed by atoms with Gasteiger partial charge < -0.3 is 19.4 Å². The fraction of sp³-hybridized carbons (Fsp3) is 0.536. The van der Waals surface area contributed by atoms with Gasteiger partial charge in [0.2, 0.25) is 0 Å². The topological polar surface area (TPSA) is 36.0 Å². The summed E-state index contributed by atoms with van der Waals surface area (Å²) in [4.78, 5) is 20.2. The molecule has 1 aromatic rings. The first-order valence-electron chi connectivity index (χ1n) is 12.5. The molecule has 0 bridgehead atoms. The van der Waals surface area contributed by atoms with Crippen molar-refractivity contribution in [3.05, 3.63) is 59.5 Å². The Morgan fingerprint density at radius 2 is 1.88 bits per heavy atom. The van der Waals surface area contributed by atoms with Crippen molar-refractivity contribution in [2.24, 2.45) is 5.92 Å². The molecule has 178 valence electrons. The minimum absolute atomic E-state index is 0.0271. The average molecular weight is 450 g/mol. The quantitative estimate of drug-likeness (QED) is 0.582. The van der Waals surface area contributed by atoms with E-state index >= 15 is 0 Å². The molecule has 5 heteroatoms. The molecule has 1 amide bonds. The Kier molecular flexibility index (Phi) is 7.59. The number of ether oxygens (including phenoxy) is 1. The second-order valence-corrected chi connectivity index (χ2v) is 9.85. The fourth-order valence-electron chi connectivity index (χ4n) is 5.26. The molecule has 2 saturated heterocycles. The highest BCUT2D eigenvalue weighted by Gasteiger charge is 2.26. The minimum atomic E-state index is 0.0271. The van der Waals surface area contributed by atoms with Gasteiger partial charge in [0.15, 0.2) is 0 Å². The van der Waals surface area contributed by atoms with E-state index in [0.29, 0.717) is 0 Å². The third-order valence-corrected chi connectivity index (χ3v) is 7.40. The van der Waals surface area contributed by atoms with E-state index < -0.39 is 0 Å². The Hall–Kier alpha value is -2.53. The first-order chi connectivity index (χ1) is 15.9. The molecule has 3 aliphatic heterocycles. The van der Waals surface area contributed by atoms with E-state index in [0.717, 1.165) is 47.2 Å². The summed E-state index contributed by atoms with van der Waals surface area (Å²) < 4.78 is 5.36. The van der Waals surface area contributed by atoms with Crippen molar-refractivity contribution in [3.63, 3.8) is 0 Å². The Labute approximate surface area is 199 Å². The third kappa shape index (κ3) is 5.70. The second kappa shape index (κ2) is 10.6. The van der Waals surface area contributed by atoms with Gasteiger partial charge in [-0.3, -0.25) is 4.79 Å². The molecule has 33 heavy (non-hydrogen) atoms. The minimum Gasteiger partial charge on any atom is -0.496 e. The molecule has 3 heterocycles. The number of carbonyl (C=O) groups is 1. The van der Waals surface area contributed by atoms with Crippen molar-refractivity contribution in [2.45, 2.75) is 52.5 Å². The molecule has 0 radical (unpaired) electrons. The van der Waals surface area contributed by atoms with E-state index in [4.69, 9.17) is 4.74 Å². The lowest BCUT2D eigenvalue weighted by Gasteiger charge is -2.38. The van der Waals surface area contributed by atoms with Crippen LogP contribution in [0.5, 0.6) is 5.75 Å². The van der Waals surface area contributed by atoms with Gasteiger partial charge in [0, 0.05) is 31.9 Å². The molecule has 2 fully saturated rings. The van der Waals surface area contributed by atoms with E-state index in [-0.39, 0.29) is 11.9 Å². The molecule has 0 N–H and O–H groups in total. The van der Waals surface area contributed by atoms with Gasteiger partial charge in [-0.2, -0.15) is 0 Å². The number of rotatable bonds is 6. The largest absolute Gasteiger partial charge is 0.496 e. The van der Waals surface area contributed by atoms with Crippen molar-refractivity contribution in [1.82, 2.24) is 14.7 Å². The number of amides is 1. The van der Waals surface area contributed by atoms with Crippen LogP contribution in [0.25, 0.3) is 5.57 Å². The van der Waals surface area contributed by atoms with E-state index in [1.807, 2.05) is 30.9 Å². The summed E-state index contributed by atoms with van der Waals surface area (Å²) in [6.45, 7) is 12.1. The van der Waals surface area contributed by atoms with Gasteiger partial charge >= 0.3 is 0 Å². The van der Waals surface area contributed by atoms with Crippen LogP contribution in [0.3, 0.4) is 0 Å². The number of nitrogens with zero attached hydrogens (tertiary/aromatic N) is 3. The van der Waals surface area contributed by atoms with Crippen LogP contribution in [-0.2, 0) is 4.79 Å². The van der Waals surface area contributed by atoms with Crippen LogP contribution in [0, 0.1) is 12.8 Å². The Bertz CT molecular complexity index is 934. The molecule has 1 atom stereocenters. The number of carbonyl (C=O) groups excluding carboxylic acids is 1. The van der Waals surface area contributed by atoms with Crippen LogP contribution < -0.4 is 4.74 Å². The highest BCUT2D eigenvalue weighted by Crippen LogP contribution is 2.27. The molecule has 1 unspecified atom stereocenters. The lowest BCUT2D eigenvalue weighted by atomic mass is 9.95. The molecule has 0 aromatic heterocycles. The number of benzene rings is 1. The maximum atomic E-state index is 13.2. The van der Waals surface area contributed by atoms with Crippen molar-refractivity contribution < 1.29 is 9.53 Å². The number of hydrogen-bond acceptors (Lipinski definition) is 4. The maximum Gasteiger partial charge on any atom is 0.251 e. The van der Waals surface area contributed by atoms with Crippen LogP contribution in [-0.4, -0.2) is 66.5 Å². The second-order valence-electron chi connectivity index (χ2n) is 9.85. The van der Waals surface area contributed by atoms with Crippen LogP contribution in [0.4, 0.5) is 0 Å². The fourth-order valence-corrected chi connectivity index (χ4v) is 5.26. The summed E-state index contributed by atoms with van der Waals surface area (Å²) in [5, 5.41) is 0. The van der Waals surface area contributed by atoms with Crippen molar-refractivity contribution in [2.75, 3.05) is 39.8 Å². The first kappa shape index (κ1) is 23.6. The maximum absolute atomic E-state index is 13.2. The zero-order valence-corrected chi connectivity index (χ0v) is 20.7. The van der Waals surface area contributed by atoms with Gasteiger partial charge in [-0.25, -0.2) is 0 Å². The Balaban J connectivity index is 1.39. The molecule has 0 aliphatic carbocycles. The molecule has 0 saturated carbocycles. The molecule has 0 spiro atoms. The Morgan fingerprint density at radius 3 is 2.55 bits per heavy atom. The number of hydrogen-bond donors (Lipinski definition) is 0. The predicted molar refractivity (Wildman–Crippen MR) is 135 cm³/mol. The molecule has 3 aliphatic rings. The summed E-state index contributed by atoms with van der Waals surface area (Å²) in [6.07, 6.45) is 13.4. The lowest BCUT2D eigenvalue weighted by Crippen LogP contribution is -2.40. The van der Waals surface area contributed by atoms with Crippen LogP contribution in [0.15, 0.2) is 48.3 Å².